The zero-order valence-electron chi connectivity index (χ0n) is 16.1. The molecule has 9 heteroatoms. The van der Waals surface area contributed by atoms with E-state index in [9.17, 15) is 22.8 Å². The molecule has 152 valence electrons. The number of halogens is 3. The lowest BCUT2D eigenvalue weighted by Crippen LogP contribution is -2.42. The van der Waals surface area contributed by atoms with Crippen LogP contribution in [0.2, 0.25) is 0 Å². The van der Waals surface area contributed by atoms with E-state index in [4.69, 9.17) is 0 Å². The van der Waals surface area contributed by atoms with Crippen LogP contribution in [0.4, 0.5) is 13.2 Å². The third-order valence-corrected chi connectivity index (χ3v) is 5.10. The first-order valence-electron chi connectivity index (χ1n) is 8.76. The molecule has 1 aromatic carbocycles. The van der Waals surface area contributed by atoms with Gasteiger partial charge in [0, 0.05) is 18.2 Å². The lowest BCUT2D eigenvalue weighted by atomic mass is 10.1. The average Bonchev–Trinajstić information content (AvgIpc) is 2.99. The first-order chi connectivity index (χ1) is 13.0. The van der Waals surface area contributed by atoms with Crippen LogP contribution in [0, 0.1) is 6.92 Å². The number of aromatic nitrogens is 1. The lowest BCUT2D eigenvalue weighted by molar-refractivity contribution is -0.137. The minimum atomic E-state index is -4.41. The van der Waals surface area contributed by atoms with Crippen LogP contribution in [-0.4, -0.2) is 40.8 Å². The fraction of sp³-hybridized carbons (Fsp3) is 0.421. The molecule has 1 aromatic heterocycles. The van der Waals surface area contributed by atoms with E-state index in [1.54, 1.807) is 13.8 Å². The fourth-order valence-electron chi connectivity index (χ4n) is 2.53. The van der Waals surface area contributed by atoms with E-state index >= 15 is 0 Å². The topological polar surface area (TPSA) is 62.3 Å². The van der Waals surface area contributed by atoms with Crippen LogP contribution in [0.3, 0.4) is 0 Å². The Kier molecular flexibility index (Phi) is 6.82. The van der Waals surface area contributed by atoms with E-state index in [0.29, 0.717) is 27.7 Å². The summed E-state index contributed by atoms with van der Waals surface area (Å²) in [6, 6.07) is 4.62. The Bertz CT molecular complexity index is 845. The maximum absolute atomic E-state index is 12.8. The molecule has 2 rings (SSSR count). The Balaban J connectivity index is 2.22. The number of hydrogen-bond donors (Lipinski definition) is 1. The molecule has 0 atom stereocenters. The minimum Gasteiger partial charge on any atom is -0.352 e. The van der Waals surface area contributed by atoms with Crippen molar-refractivity contribution in [2.75, 3.05) is 13.1 Å². The van der Waals surface area contributed by atoms with Crippen LogP contribution in [0.5, 0.6) is 0 Å². The van der Waals surface area contributed by atoms with Gasteiger partial charge >= 0.3 is 6.18 Å². The number of likely N-dealkylation sites (N-methyl/N-ethyl adjacent to an activating group) is 1. The van der Waals surface area contributed by atoms with Crippen LogP contribution in [-0.2, 0) is 11.0 Å². The van der Waals surface area contributed by atoms with Gasteiger partial charge in [-0.25, -0.2) is 4.98 Å². The highest BCUT2D eigenvalue weighted by Crippen LogP contribution is 2.33. The number of alkyl halides is 3. The number of amides is 2. The average molecular weight is 413 g/mol. The van der Waals surface area contributed by atoms with Crippen molar-refractivity contribution in [3.63, 3.8) is 0 Å². The molecule has 0 saturated heterocycles. The quantitative estimate of drug-likeness (QED) is 0.775. The minimum absolute atomic E-state index is 0.0299. The monoisotopic (exact) mass is 413 g/mol. The van der Waals surface area contributed by atoms with Crippen LogP contribution in [0.15, 0.2) is 24.3 Å². The molecule has 0 fully saturated rings. The highest BCUT2D eigenvalue weighted by atomic mass is 32.1. The molecule has 0 aliphatic heterocycles. The molecule has 0 bridgehead atoms. The SMILES string of the molecule is CCN(CC(=O)NC(C)C)C(=O)c1sc(-c2ccc(C(F)(F)F)cc2)nc1C. The van der Waals surface area contributed by atoms with E-state index in [1.807, 2.05) is 13.8 Å². The van der Waals surface area contributed by atoms with E-state index < -0.39 is 11.7 Å². The van der Waals surface area contributed by atoms with Gasteiger partial charge in [0.05, 0.1) is 17.8 Å². The maximum Gasteiger partial charge on any atom is 0.416 e. The van der Waals surface area contributed by atoms with Crippen LogP contribution in [0.25, 0.3) is 10.6 Å². The second-order valence-electron chi connectivity index (χ2n) is 6.55. The number of thiazole rings is 1. The van der Waals surface area contributed by atoms with Crippen molar-refractivity contribution >= 4 is 23.2 Å². The molecule has 0 aliphatic rings. The molecule has 0 unspecified atom stereocenters. The molecule has 1 N–H and O–H groups in total. The lowest BCUT2D eigenvalue weighted by Gasteiger charge is -2.20. The number of nitrogens with one attached hydrogen (secondary N) is 1. The summed E-state index contributed by atoms with van der Waals surface area (Å²) in [5.41, 5.74) is 0.238. The third kappa shape index (κ3) is 5.31. The predicted octanol–water partition coefficient (Wildman–Crippen LogP) is 4.12. The molecule has 0 radical (unpaired) electrons. The molecular formula is C19H22F3N3O2S. The summed E-state index contributed by atoms with van der Waals surface area (Å²) in [6.45, 7) is 7.38. The summed E-state index contributed by atoms with van der Waals surface area (Å²) in [5.74, 6) is -0.579. The largest absolute Gasteiger partial charge is 0.416 e. The van der Waals surface area contributed by atoms with Crippen molar-refractivity contribution in [3.8, 4) is 10.6 Å². The summed E-state index contributed by atoms with van der Waals surface area (Å²) < 4.78 is 38.1. The van der Waals surface area contributed by atoms with Crippen molar-refractivity contribution < 1.29 is 22.8 Å². The first-order valence-corrected chi connectivity index (χ1v) is 9.58. The van der Waals surface area contributed by atoms with Gasteiger partial charge in [-0.3, -0.25) is 9.59 Å². The molecule has 0 spiro atoms. The number of hydrogen-bond acceptors (Lipinski definition) is 4. The zero-order chi connectivity index (χ0) is 21.1. The number of carbonyl (C=O) groups is 2. The zero-order valence-corrected chi connectivity index (χ0v) is 16.9. The number of carbonyl (C=O) groups excluding carboxylic acids is 2. The van der Waals surface area contributed by atoms with E-state index in [1.165, 1.54) is 17.0 Å². The van der Waals surface area contributed by atoms with Gasteiger partial charge in [0.2, 0.25) is 5.91 Å². The summed E-state index contributed by atoms with van der Waals surface area (Å²) >= 11 is 1.10. The summed E-state index contributed by atoms with van der Waals surface area (Å²) in [5, 5.41) is 3.20. The van der Waals surface area contributed by atoms with Gasteiger partial charge in [0.25, 0.3) is 5.91 Å². The Morgan fingerprint density at radius 3 is 2.32 bits per heavy atom. The second-order valence-corrected chi connectivity index (χ2v) is 7.55. The second kappa shape index (κ2) is 8.72. The Hall–Kier alpha value is -2.42. The number of aryl methyl sites for hydroxylation is 1. The Morgan fingerprint density at radius 1 is 1.21 bits per heavy atom. The van der Waals surface area contributed by atoms with Gasteiger partial charge < -0.3 is 10.2 Å². The molecule has 2 amide bonds. The van der Waals surface area contributed by atoms with Crippen LogP contribution < -0.4 is 5.32 Å². The Labute approximate surface area is 165 Å². The highest BCUT2D eigenvalue weighted by molar-refractivity contribution is 7.17. The van der Waals surface area contributed by atoms with Gasteiger partial charge in [0.15, 0.2) is 0 Å². The standard InChI is InChI=1S/C19H22F3N3O2S/c1-5-25(10-15(26)23-11(2)3)18(27)16-12(4)24-17(28-16)13-6-8-14(9-7-13)19(20,21)22/h6-9,11H,5,10H2,1-4H3,(H,23,26). The molecule has 0 saturated carbocycles. The van der Waals surface area contributed by atoms with Gasteiger partial charge in [-0.1, -0.05) is 12.1 Å². The van der Waals surface area contributed by atoms with E-state index in [0.717, 1.165) is 23.5 Å². The molecular weight excluding hydrogens is 391 g/mol. The Morgan fingerprint density at radius 2 is 1.82 bits per heavy atom. The van der Waals surface area contributed by atoms with Crippen molar-refractivity contribution in [3.05, 3.63) is 40.4 Å². The molecule has 5 nitrogen and oxygen atoms in total. The molecule has 28 heavy (non-hydrogen) atoms. The van der Waals surface area contributed by atoms with Crippen molar-refractivity contribution in [1.82, 2.24) is 15.2 Å². The van der Waals surface area contributed by atoms with Crippen molar-refractivity contribution in [2.24, 2.45) is 0 Å². The third-order valence-electron chi connectivity index (χ3n) is 3.90. The van der Waals surface area contributed by atoms with Gasteiger partial charge in [0.1, 0.15) is 9.88 Å². The number of rotatable bonds is 6. The summed E-state index contributed by atoms with van der Waals surface area (Å²) in [4.78, 5) is 30.9. The smallest absolute Gasteiger partial charge is 0.352 e. The van der Waals surface area contributed by atoms with Crippen molar-refractivity contribution in [2.45, 2.75) is 39.9 Å². The number of benzene rings is 1. The van der Waals surface area contributed by atoms with Gasteiger partial charge in [-0.15, -0.1) is 11.3 Å². The van der Waals surface area contributed by atoms with Gasteiger partial charge in [-0.05, 0) is 39.8 Å². The fourth-order valence-corrected chi connectivity index (χ4v) is 3.57. The summed E-state index contributed by atoms with van der Waals surface area (Å²) in [6.07, 6.45) is -4.41. The van der Waals surface area contributed by atoms with Crippen LogP contribution in [0.1, 0.15) is 41.7 Å². The normalized spacial score (nSPS) is 11.6. The number of nitrogens with zero attached hydrogens (tertiary/aromatic N) is 2. The maximum atomic E-state index is 12.8. The van der Waals surface area contributed by atoms with Crippen molar-refractivity contribution in [1.29, 1.82) is 0 Å². The summed E-state index contributed by atoms with van der Waals surface area (Å²) in [7, 11) is 0. The van der Waals surface area contributed by atoms with Crippen LogP contribution >= 0.6 is 11.3 Å². The first kappa shape index (κ1) is 21.9. The predicted molar refractivity (Wildman–Crippen MR) is 102 cm³/mol. The molecule has 2 aromatic rings. The van der Waals surface area contributed by atoms with E-state index in [2.05, 4.69) is 10.3 Å². The molecule has 0 aliphatic carbocycles. The molecule has 1 heterocycles. The highest BCUT2D eigenvalue weighted by Gasteiger charge is 2.30. The van der Waals surface area contributed by atoms with Gasteiger partial charge in [-0.2, -0.15) is 13.2 Å². The van der Waals surface area contributed by atoms with E-state index in [-0.39, 0.29) is 24.4 Å².